The Labute approximate surface area is 180 Å². The number of hydrogen-bond acceptors (Lipinski definition) is 6. The van der Waals surface area contributed by atoms with Gasteiger partial charge in [0, 0.05) is 30.3 Å². The van der Waals surface area contributed by atoms with Gasteiger partial charge in [-0.15, -0.1) is 0 Å². The van der Waals surface area contributed by atoms with Crippen molar-refractivity contribution in [2.75, 3.05) is 25.7 Å². The minimum Gasteiger partial charge on any atom is -0.497 e. The summed E-state index contributed by atoms with van der Waals surface area (Å²) in [5, 5.41) is 14.0. The van der Waals surface area contributed by atoms with Crippen LogP contribution < -0.4 is 19.7 Å². The highest BCUT2D eigenvalue weighted by molar-refractivity contribution is 6.03. The quantitative estimate of drug-likeness (QED) is 0.537. The number of nitro groups is 1. The first-order valence-corrected chi connectivity index (χ1v) is 9.87. The van der Waals surface area contributed by atoms with E-state index in [1.807, 2.05) is 13.8 Å². The topological polar surface area (TPSA) is 111 Å². The maximum absolute atomic E-state index is 13.3. The largest absolute Gasteiger partial charge is 0.497 e. The smallest absolute Gasteiger partial charge is 0.271 e. The van der Waals surface area contributed by atoms with Crippen molar-refractivity contribution >= 4 is 23.2 Å². The Hall–Kier alpha value is -3.62. The number of non-ortho nitro benzene ring substituents is 1. The molecule has 9 heteroatoms. The fourth-order valence-electron chi connectivity index (χ4n) is 3.55. The number of methoxy groups -OCH3 is 2. The highest BCUT2D eigenvalue weighted by Crippen LogP contribution is 2.32. The lowest BCUT2D eigenvalue weighted by Crippen LogP contribution is -2.51. The van der Waals surface area contributed by atoms with E-state index >= 15 is 0 Å². The monoisotopic (exact) mass is 427 g/mol. The molecule has 1 heterocycles. The number of carbonyl (C=O) groups excluding carboxylic acids is 2. The number of nitro benzene ring substituents is 1. The Bertz CT molecular complexity index is 998. The lowest BCUT2D eigenvalue weighted by molar-refractivity contribution is -0.384. The molecule has 0 fully saturated rings. The van der Waals surface area contributed by atoms with Crippen LogP contribution in [-0.4, -0.2) is 43.5 Å². The zero-order valence-corrected chi connectivity index (χ0v) is 17.9. The standard InChI is InChI=1S/C22H25N3O6/c1-13(2)20(23-21(26)15-9-17(30-3)12-18(10-15)31-4)22(27)24-8-7-14-5-6-16(25(28)29)11-19(14)24/h5-6,9-13,20H,7-8H2,1-4H3,(H,23,26)/t20-/m0/s1. The molecule has 9 nitrogen and oxygen atoms in total. The van der Waals surface area contributed by atoms with Gasteiger partial charge in [0.25, 0.3) is 11.6 Å². The molecule has 0 saturated heterocycles. The molecule has 2 aromatic rings. The van der Waals surface area contributed by atoms with Gasteiger partial charge < -0.3 is 19.7 Å². The van der Waals surface area contributed by atoms with E-state index in [4.69, 9.17) is 9.47 Å². The highest BCUT2D eigenvalue weighted by Gasteiger charge is 2.34. The summed E-state index contributed by atoms with van der Waals surface area (Å²) in [6.07, 6.45) is 0.602. The molecule has 0 unspecified atom stereocenters. The molecule has 164 valence electrons. The summed E-state index contributed by atoms with van der Waals surface area (Å²) in [7, 11) is 2.97. The molecule has 1 aliphatic heterocycles. The number of nitrogens with one attached hydrogen (secondary N) is 1. The van der Waals surface area contributed by atoms with E-state index in [1.54, 1.807) is 24.3 Å². The van der Waals surface area contributed by atoms with Gasteiger partial charge in [-0.05, 0) is 30.0 Å². The maximum Gasteiger partial charge on any atom is 0.271 e. The van der Waals surface area contributed by atoms with Crippen LogP contribution in [0.1, 0.15) is 29.8 Å². The number of fused-ring (bicyclic) bond motifs is 1. The van der Waals surface area contributed by atoms with Gasteiger partial charge in [0.15, 0.2) is 0 Å². The van der Waals surface area contributed by atoms with E-state index in [0.29, 0.717) is 35.7 Å². The van der Waals surface area contributed by atoms with Crippen LogP contribution in [0.4, 0.5) is 11.4 Å². The van der Waals surface area contributed by atoms with E-state index in [2.05, 4.69) is 5.32 Å². The van der Waals surface area contributed by atoms with Crippen molar-refractivity contribution in [1.82, 2.24) is 5.32 Å². The van der Waals surface area contributed by atoms with E-state index in [-0.39, 0.29) is 17.5 Å². The van der Waals surface area contributed by atoms with E-state index in [9.17, 15) is 19.7 Å². The summed E-state index contributed by atoms with van der Waals surface area (Å²) in [6, 6.07) is 8.48. The molecule has 0 aliphatic carbocycles. The predicted octanol–water partition coefficient (Wildman–Crippen LogP) is 2.96. The van der Waals surface area contributed by atoms with E-state index in [0.717, 1.165) is 5.56 Å². The van der Waals surface area contributed by atoms with Gasteiger partial charge in [-0.3, -0.25) is 19.7 Å². The van der Waals surface area contributed by atoms with Crippen molar-refractivity contribution in [2.45, 2.75) is 26.3 Å². The number of nitrogens with zero attached hydrogens (tertiary/aromatic N) is 2. The van der Waals surface area contributed by atoms with Crippen LogP contribution in [-0.2, 0) is 11.2 Å². The second-order valence-corrected chi connectivity index (χ2v) is 7.61. The lowest BCUT2D eigenvalue weighted by Gasteiger charge is -2.27. The van der Waals surface area contributed by atoms with Crippen molar-refractivity contribution in [3.8, 4) is 11.5 Å². The molecule has 0 aromatic heterocycles. The molecule has 1 atom stereocenters. The fraction of sp³-hybridized carbons (Fsp3) is 0.364. The Morgan fingerprint density at radius 3 is 2.29 bits per heavy atom. The average molecular weight is 427 g/mol. The summed E-state index contributed by atoms with van der Waals surface area (Å²) in [4.78, 5) is 38.4. The number of ether oxygens (including phenoxy) is 2. The van der Waals surface area contributed by atoms with Crippen LogP contribution >= 0.6 is 0 Å². The normalized spacial score (nSPS) is 13.5. The molecule has 1 N–H and O–H groups in total. The average Bonchev–Trinajstić information content (AvgIpc) is 3.19. The van der Waals surface area contributed by atoms with Crippen LogP contribution in [0, 0.1) is 16.0 Å². The Morgan fingerprint density at radius 1 is 1.10 bits per heavy atom. The molecular weight excluding hydrogens is 402 g/mol. The van der Waals surface area contributed by atoms with Gasteiger partial charge in [0.1, 0.15) is 17.5 Å². The lowest BCUT2D eigenvalue weighted by atomic mass is 10.0. The molecule has 2 aromatic carbocycles. The van der Waals surface area contributed by atoms with Gasteiger partial charge in [-0.1, -0.05) is 19.9 Å². The van der Waals surface area contributed by atoms with Crippen molar-refractivity contribution in [3.05, 3.63) is 57.6 Å². The first kappa shape index (κ1) is 22.1. The summed E-state index contributed by atoms with van der Waals surface area (Å²) in [5.74, 6) is -0.0396. The molecular formula is C22H25N3O6. The third kappa shape index (κ3) is 4.60. The van der Waals surface area contributed by atoms with Crippen LogP contribution in [0.25, 0.3) is 0 Å². The van der Waals surface area contributed by atoms with Gasteiger partial charge >= 0.3 is 0 Å². The van der Waals surface area contributed by atoms with Crippen molar-refractivity contribution < 1.29 is 24.0 Å². The van der Waals surface area contributed by atoms with Crippen LogP contribution in [0.2, 0.25) is 0 Å². The van der Waals surface area contributed by atoms with E-state index < -0.39 is 16.9 Å². The summed E-state index contributed by atoms with van der Waals surface area (Å²) >= 11 is 0. The molecule has 0 radical (unpaired) electrons. The zero-order chi connectivity index (χ0) is 22.7. The van der Waals surface area contributed by atoms with Crippen LogP contribution in [0.5, 0.6) is 11.5 Å². The molecule has 2 amide bonds. The first-order valence-electron chi connectivity index (χ1n) is 9.87. The molecule has 0 spiro atoms. The first-order chi connectivity index (χ1) is 14.7. The van der Waals surface area contributed by atoms with Crippen molar-refractivity contribution in [2.24, 2.45) is 5.92 Å². The second-order valence-electron chi connectivity index (χ2n) is 7.61. The number of rotatable bonds is 7. The minimum absolute atomic E-state index is 0.0768. The number of benzene rings is 2. The Morgan fingerprint density at radius 2 is 1.74 bits per heavy atom. The Balaban J connectivity index is 1.86. The molecule has 0 bridgehead atoms. The minimum atomic E-state index is -0.810. The van der Waals surface area contributed by atoms with Crippen molar-refractivity contribution in [1.29, 1.82) is 0 Å². The predicted molar refractivity (Wildman–Crippen MR) is 115 cm³/mol. The number of anilines is 1. The Kier molecular flexibility index (Phi) is 6.43. The second kappa shape index (κ2) is 9.03. The maximum atomic E-state index is 13.3. The zero-order valence-electron chi connectivity index (χ0n) is 17.9. The fourth-order valence-corrected chi connectivity index (χ4v) is 3.55. The molecule has 0 saturated carbocycles. The van der Waals surface area contributed by atoms with Gasteiger partial charge in [0.2, 0.25) is 5.91 Å². The van der Waals surface area contributed by atoms with Crippen LogP contribution in [0.15, 0.2) is 36.4 Å². The number of hydrogen-bond donors (Lipinski definition) is 1. The molecule has 31 heavy (non-hydrogen) atoms. The summed E-state index contributed by atoms with van der Waals surface area (Å²) in [6.45, 7) is 4.07. The van der Waals surface area contributed by atoms with Gasteiger partial charge in [-0.25, -0.2) is 0 Å². The van der Waals surface area contributed by atoms with Gasteiger partial charge in [0.05, 0.1) is 24.8 Å². The summed E-state index contributed by atoms with van der Waals surface area (Å²) in [5.41, 5.74) is 1.60. The van der Waals surface area contributed by atoms with Crippen molar-refractivity contribution in [3.63, 3.8) is 0 Å². The third-order valence-electron chi connectivity index (χ3n) is 5.27. The number of carbonyl (C=O) groups is 2. The van der Waals surface area contributed by atoms with Gasteiger partial charge in [-0.2, -0.15) is 0 Å². The third-order valence-corrected chi connectivity index (χ3v) is 5.27. The molecule has 1 aliphatic rings. The van der Waals surface area contributed by atoms with Crippen LogP contribution in [0.3, 0.4) is 0 Å². The highest BCUT2D eigenvalue weighted by atomic mass is 16.6. The molecule has 3 rings (SSSR count). The SMILES string of the molecule is COc1cc(OC)cc(C(=O)N[C@H](C(=O)N2CCc3ccc([N+](=O)[O-])cc32)C(C)C)c1. The number of amides is 2. The summed E-state index contributed by atoms with van der Waals surface area (Å²) < 4.78 is 10.4. The van der Waals surface area contributed by atoms with E-state index in [1.165, 1.54) is 31.3 Å².